The van der Waals surface area contributed by atoms with Gasteiger partial charge in [0, 0.05) is 42.8 Å². The Hall–Kier alpha value is -3.32. The molecule has 0 aliphatic carbocycles. The molecule has 0 saturated carbocycles. The molecule has 3 rings (SSSR count). The van der Waals surface area contributed by atoms with Crippen molar-refractivity contribution in [2.75, 3.05) is 32.8 Å². The molecule has 0 aromatic heterocycles. The number of nitrogens with zero attached hydrogens (tertiary/aromatic N) is 2. The van der Waals surface area contributed by atoms with Crippen LogP contribution >= 0.6 is 11.6 Å². The molecule has 2 aromatic carbocycles. The lowest BCUT2D eigenvalue weighted by atomic mass is 10.2. The van der Waals surface area contributed by atoms with Crippen molar-refractivity contribution >= 4 is 35.6 Å². The van der Waals surface area contributed by atoms with Gasteiger partial charge in [-0.2, -0.15) is 0 Å². The van der Waals surface area contributed by atoms with Crippen molar-refractivity contribution in [1.29, 1.82) is 0 Å². The van der Waals surface area contributed by atoms with Gasteiger partial charge in [0.1, 0.15) is 5.75 Å². The van der Waals surface area contributed by atoms with Gasteiger partial charge in [-0.25, -0.2) is 4.79 Å². The van der Waals surface area contributed by atoms with Gasteiger partial charge in [-0.3, -0.25) is 9.59 Å². The highest BCUT2D eigenvalue weighted by atomic mass is 35.5. The van der Waals surface area contributed by atoms with Crippen LogP contribution in [0.5, 0.6) is 5.75 Å². The van der Waals surface area contributed by atoms with E-state index in [1.165, 1.54) is 6.08 Å². The Morgan fingerprint density at radius 3 is 2.44 bits per heavy atom. The van der Waals surface area contributed by atoms with Crippen LogP contribution in [0, 0.1) is 0 Å². The Morgan fingerprint density at radius 2 is 1.72 bits per heavy atom. The van der Waals surface area contributed by atoms with Gasteiger partial charge in [-0.15, -0.1) is 0 Å². The van der Waals surface area contributed by atoms with Gasteiger partial charge in [0.15, 0.2) is 0 Å². The lowest BCUT2D eigenvalue weighted by molar-refractivity contribution is -0.125. The van der Waals surface area contributed by atoms with Gasteiger partial charge in [-0.05, 0) is 61.4 Å². The zero-order chi connectivity index (χ0) is 22.9. The Labute approximate surface area is 192 Å². The molecule has 1 fully saturated rings. The average molecular weight is 457 g/mol. The molecular formula is C24H25ClN2O5. The number of ether oxygens (including phenoxy) is 2. The van der Waals surface area contributed by atoms with Crippen LogP contribution in [-0.4, -0.2) is 60.6 Å². The smallest absolute Gasteiger partial charge is 0.434 e. The fraction of sp³-hybridized carbons (Fsp3) is 0.292. The van der Waals surface area contributed by atoms with Crippen molar-refractivity contribution in [2.45, 2.75) is 13.3 Å². The van der Waals surface area contributed by atoms with E-state index in [0.29, 0.717) is 48.9 Å². The lowest BCUT2D eigenvalue weighted by Crippen LogP contribution is -2.36. The second-order valence-electron chi connectivity index (χ2n) is 7.17. The molecule has 1 aliphatic heterocycles. The largest absolute Gasteiger partial charge is 0.513 e. The maximum atomic E-state index is 12.9. The predicted octanol–water partition coefficient (Wildman–Crippen LogP) is 4.26. The molecule has 0 radical (unpaired) electrons. The van der Waals surface area contributed by atoms with Crippen LogP contribution < -0.4 is 4.74 Å². The normalized spacial score (nSPS) is 14.2. The molecule has 2 amide bonds. The van der Waals surface area contributed by atoms with Gasteiger partial charge in [-0.1, -0.05) is 23.7 Å². The fourth-order valence-electron chi connectivity index (χ4n) is 3.32. The highest BCUT2D eigenvalue weighted by Gasteiger charge is 2.22. The second kappa shape index (κ2) is 11.3. The van der Waals surface area contributed by atoms with Crippen molar-refractivity contribution in [1.82, 2.24) is 9.80 Å². The van der Waals surface area contributed by atoms with Crippen molar-refractivity contribution in [2.24, 2.45) is 0 Å². The SMILES string of the molecule is CCOC(=O)Oc1ccc(C(=O)N2CCCN(C(=O)/C=C/c3cccc(Cl)c3)CC2)cc1. The van der Waals surface area contributed by atoms with Gasteiger partial charge in [0.2, 0.25) is 5.91 Å². The molecule has 8 heteroatoms. The zero-order valence-electron chi connectivity index (χ0n) is 17.8. The van der Waals surface area contributed by atoms with Crippen LogP contribution in [0.25, 0.3) is 6.08 Å². The van der Waals surface area contributed by atoms with E-state index in [-0.39, 0.29) is 18.4 Å². The van der Waals surface area contributed by atoms with E-state index in [1.807, 2.05) is 12.1 Å². The molecule has 32 heavy (non-hydrogen) atoms. The molecule has 1 heterocycles. The molecule has 7 nitrogen and oxygen atoms in total. The first-order chi connectivity index (χ1) is 15.5. The summed E-state index contributed by atoms with van der Waals surface area (Å²) in [5, 5.41) is 0.615. The highest BCUT2D eigenvalue weighted by Crippen LogP contribution is 2.16. The summed E-state index contributed by atoms with van der Waals surface area (Å²) in [6.07, 6.45) is 3.17. The summed E-state index contributed by atoms with van der Waals surface area (Å²) < 4.78 is 9.74. The molecule has 0 bridgehead atoms. The van der Waals surface area contributed by atoms with E-state index in [1.54, 1.807) is 59.2 Å². The van der Waals surface area contributed by atoms with Crippen molar-refractivity contribution in [3.63, 3.8) is 0 Å². The molecule has 1 aliphatic rings. The standard InChI is InChI=1S/C24H25ClN2O5/c1-2-31-24(30)32-21-10-8-19(9-11-21)23(29)27-14-4-13-26(15-16-27)22(28)12-7-18-5-3-6-20(25)17-18/h3,5-12,17H,2,4,13-16H2,1H3/b12-7+. The summed E-state index contributed by atoms with van der Waals surface area (Å²) >= 11 is 5.98. The first-order valence-corrected chi connectivity index (χ1v) is 10.8. The Kier molecular flexibility index (Phi) is 8.27. The summed E-state index contributed by atoms with van der Waals surface area (Å²) in [6.45, 7) is 3.94. The van der Waals surface area contributed by atoms with Gasteiger partial charge < -0.3 is 19.3 Å². The summed E-state index contributed by atoms with van der Waals surface area (Å²) in [5.41, 5.74) is 1.34. The number of benzene rings is 2. The van der Waals surface area contributed by atoms with Gasteiger partial charge in [0.25, 0.3) is 5.91 Å². The van der Waals surface area contributed by atoms with Crippen LogP contribution in [0.3, 0.4) is 0 Å². The summed E-state index contributed by atoms with van der Waals surface area (Å²) in [5.74, 6) is 0.0790. The molecule has 2 aromatic rings. The minimum Gasteiger partial charge on any atom is -0.434 e. The number of carbonyl (C=O) groups is 3. The van der Waals surface area contributed by atoms with E-state index in [2.05, 4.69) is 0 Å². The molecule has 1 saturated heterocycles. The Bertz CT molecular complexity index is 990. The van der Waals surface area contributed by atoms with Crippen molar-refractivity contribution < 1.29 is 23.9 Å². The van der Waals surface area contributed by atoms with Crippen LogP contribution in [0.1, 0.15) is 29.3 Å². The first-order valence-electron chi connectivity index (χ1n) is 10.4. The number of hydrogen-bond acceptors (Lipinski definition) is 5. The van der Waals surface area contributed by atoms with E-state index in [0.717, 1.165) is 5.56 Å². The molecule has 0 unspecified atom stereocenters. The summed E-state index contributed by atoms with van der Waals surface area (Å²) in [4.78, 5) is 40.3. The minimum absolute atomic E-state index is 0.0975. The third kappa shape index (κ3) is 6.59. The monoisotopic (exact) mass is 456 g/mol. The number of rotatable bonds is 5. The maximum absolute atomic E-state index is 12.9. The van der Waals surface area contributed by atoms with Crippen molar-refractivity contribution in [3.8, 4) is 5.75 Å². The number of halogens is 1. The van der Waals surface area contributed by atoms with E-state index >= 15 is 0 Å². The van der Waals surface area contributed by atoms with Crippen LogP contribution in [-0.2, 0) is 9.53 Å². The second-order valence-corrected chi connectivity index (χ2v) is 7.61. The lowest BCUT2D eigenvalue weighted by Gasteiger charge is -2.21. The van der Waals surface area contributed by atoms with Crippen molar-refractivity contribution in [3.05, 3.63) is 70.8 Å². The summed E-state index contributed by atoms with van der Waals surface area (Å²) in [7, 11) is 0. The fourth-order valence-corrected chi connectivity index (χ4v) is 3.51. The number of amides is 2. The van der Waals surface area contributed by atoms with E-state index in [4.69, 9.17) is 21.1 Å². The first kappa shape index (κ1) is 23.3. The van der Waals surface area contributed by atoms with Crippen LogP contribution in [0.2, 0.25) is 5.02 Å². The molecule has 168 valence electrons. The minimum atomic E-state index is -0.784. The highest BCUT2D eigenvalue weighted by molar-refractivity contribution is 6.30. The quantitative estimate of drug-likeness (QED) is 0.381. The van der Waals surface area contributed by atoms with Crippen LogP contribution in [0.4, 0.5) is 4.79 Å². The van der Waals surface area contributed by atoms with Gasteiger partial charge in [0.05, 0.1) is 6.61 Å². The van der Waals surface area contributed by atoms with Gasteiger partial charge >= 0.3 is 6.16 Å². The van der Waals surface area contributed by atoms with Crippen LogP contribution in [0.15, 0.2) is 54.6 Å². The maximum Gasteiger partial charge on any atom is 0.513 e. The average Bonchev–Trinajstić information content (AvgIpc) is 3.04. The molecule has 0 N–H and O–H groups in total. The predicted molar refractivity (Wildman–Crippen MR) is 122 cm³/mol. The topological polar surface area (TPSA) is 76.2 Å². The third-order valence-electron chi connectivity index (χ3n) is 4.93. The van der Waals surface area contributed by atoms with E-state index in [9.17, 15) is 14.4 Å². The molecule has 0 atom stereocenters. The molecular weight excluding hydrogens is 432 g/mol. The number of hydrogen-bond donors (Lipinski definition) is 0. The Balaban J connectivity index is 1.55. The Morgan fingerprint density at radius 1 is 1.00 bits per heavy atom. The third-order valence-corrected chi connectivity index (χ3v) is 5.16. The summed E-state index contributed by atoms with van der Waals surface area (Å²) in [6, 6.07) is 13.6. The zero-order valence-corrected chi connectivity index (χ0v) is 18.6. The number of carbonyl (C=O) groups excluding carboxylic acids is 3. The van der Waals surface area contributed by atoms with E-state index < -0.39 is 6.16 Å². The molecule has 0 spiro atoms.